The van der Waals surface area contributed by atoms with E-state index in [1.807, 2.05) is 0 Å². The van der Waals surface area contributed by atoms with Crippen LogP contribution < -0.4 is 0 Å². The lowest BCUT2D eigenvalue weighted by atomic mass is 9.80. The Balaban J connectivity index is 1.86. The van der Waals surface area contributed by atoms with Gasteiger partial charge in [0.2, 0.25) is 0 Å². The maximum absolute atomic E-state index is 2.51. The summed E-state index contributed by atoms with van der Waals surface area (Å²) in [5.41, 5.74) is 0. The van der Waals surface area contributed by atoms with E-state index in [1.165, 1.54) is 38.5 Å². The van der Waals surface area contributed by atoms with Gasteiger partial charge in [0.15, 0.2) is 0 Å². The Bertz CT molecular complexity index is 184. The minimum atomic E-state index is 0.998. The third-order valence-corrected chi connectivity index (χ3v) is 4.37. The molecule has 3 aliphatic rings. The SMILES string of the molecule is C1=CC2CC1C1CCCCCC21. The third kappa shape index (κ3) is 0.901. The minimum Gasteiger partial charge on any atom is -0.0848 e. The lowest BCUT2D eigenvalue weighted by Crippen LogP contribution is -2.17. The monoisotopic (exact) mass is 162 g/mol. The second-order valence-electron chi connectivity index (χ2n) is 4.91. The number of hydrogen-bond donors (Lipinski definition) is 0. The Kier molecular flexibility index (Phi) is 1.56. The molecule has 3 rings (SSSR count). The van der Waals surface area contributed by atoms with E-state index >= 15 is 0 Å². The molecule has 0 nitrogen and oxygen atoms in total. The van der Waals surface area contributed by atoms with Gasteiger partial charge in [0.25, 0.3) is 0 Å². The van der Waals surface area contributed by atoms with Crippen LogP contribution in [0.15, 0.2) is 12.2 Å². The van der Waals surface area contributed by atoms with E-state index < -0.39 is 0 Å². The first kappa shape index (κ1) is 7.17. The molecule has 0 N–H and O–H groups in total. The summed E-state index contributed by atoms with van der Waals surface area (Å²) < 4.78 is 0. The molecule has 66 valence electrons. The van der Waals surface area contributed by atoms with Crippen molar-refractivity contribution < 1.29 is 0 Å². The van der Waals surface area contributed by atoms with Gasteiger partial charge in [-0.25, -0.2) is 0 Å². The minimum absolute atomic E-state index is 0.998. The average molecular weight is 162 g/mol. The van der Waals surface area contributed by atoms with Crippen LogP contribution in [-0.4, -0.2) is 0 Å². The highest BCUT2D eigenvalue weighted by Gasteiger charge is 2.43. The van der Waals surface area contributed by atoms with Crippen LogP contribution in [0.25, 0.3) is 0 Å². The number of allylic oxidation sites excluding steroid dienone is 2. The van der Waals surface area contributed by atoms with Gasteiger partial charge in [0.05, 0.1) is 0 Å². The van der Waals surface area contributed by atoms with Crippen molar-refractivity contribution in [1.29, 1.82) is 0 Å². The highest BCUT2D eigenvalue weighted by atomic mass is 14.5. The molecule has 0 aromatic rings. The first-order chi connectivity index (χ1) is 5.95. The Morgan fingerprint density at radius 1 is 0.750 bits per heavy atom. The molecule has 4 unspecified atom stereocenters. The van der Waals surface area contributed by atoms with Crippen molar-refractivity contribution in [3.8, 4) is 0 Å². The standard InChI is InChI=1S/C12H18/c1-2-4-11-9-6-7-10(8-9)12(11)5-3-1/h6-7,9-12H,1-5,8H2. The van der Waals surface area contributed by atoms with Crippen molar-refractivity contribution in [1.82, 2.24) is 0 Å². The Morgan fingerprint density at radius 2 is 1.33 bits per heavy atom. The third-order valence-electron chi connectivity index (χ3n) is 4.37. The zero-order chi connectivity index (χ0) is 7.97. The van der Waals surface area contributed by atoms with Gasteiger partial charge in [-0.2, -0.15) is 0 Å². The maximum atomic E-state index is 2.51. The van der Waals surface area contributed by atoms with Gasteiger partial charge in [0.1, 0.15) is 0 Å². The van der Waals surface area contributed by atoms with Gasteiger partial charge >= 0.3 is 0 Å². The van der Waals surface area contributed by atoms with E-state index in [1.54, 1.807) is 0 Å². The number of rotatable bonds is 0. The van der Waals surface area contributed by atoms with Crippen molar-refractivity contribution in [3.63, 3.8) is 0 Å². The first-order valence-corrected chi connectivity index (χ1v) is 5.63. The van der Waals surface area contributed by atoms with Crippen LogP contribution in [0.1, 0.15) is 38.5 Å². The Labute approximate surface area is 75.0 Å². The average Bonchev–Trinajstić information content (AvgIpc) is 2.58. The summed E-state index contributed by atoms with van der Waals surface area (Å²) in [5.74, 6) is 4.20. The summed E-state index contributed by atoms with van der Waals surface area (Å²) in [6.45, 7) is 0. The molecule has 12 heavy (non-hydrogen) atoms. The molecule has 0 saturated heterocycles. The van der Waals surface area contributed by atoms with E-state index in [4.69, 9.17) is 0 Å². The summed E-state index contributed by atoms with van der Waals surface area (Å²) in [5, 5.41) is 0. The molecular weight excluding hydrogens is 144 g/mol. The van der Waals surface area contributed by atoms with Gasteiger partial charge in [-0.05, 0) is 42.9 Å². The normalized spacial score (nSPS) is 50.7. The Morgan fingerprint density at radius 3 is 1.92 bits per heavy atom. The van der Waals surface area contributed by atoms with Crippen molar-refractivity contribution in [2.24, 2.45) is 23.7 Å². The van der Waals surface area contributed by atoms with Gasteiger partial charge in [-0.3, -0.25) is 0 Å². The lowest BCUT2D eigenvalue weighted by molar-refractivity contribution is 0.292. The summed E-state index contributed by atoms with van der Waals surface area (Å²) in [6, 6.07) is 0. The number of fused-ring (bicyclic) bond motifs is 5. The molecule has 2 fully saturated rings. The Hall–Kier alpha value is -0.260. The molecular formula is C12H18. The highest BCUT2D eigenvalue weighted by Crippen LogP contribution is 2.52. The smallest absolute Gasteiger partial charge is 0.0196 e. The summed E-state index contributed by atoms with van der Waals surface area (Å²) >= 11 is 0. The predicted molar refractivity (Wildman–Crippen MR) is 50.8 cm³/mol. The molecule has 0 radical (unpaired) electrons. The molecule has 3 aliphatic carbocycles. The quantitative estimate of drug-likeness (QED) is 0.479. The molecule has 2 saturated carbocycles. The molecule has 0 spiro atoms. The topological polar surface area (TPSA) is 0 Å². The first-order valence-electron chi connectivity index (χ1n) is 5.63. The van der Waals surface area contributed by atoms with E-state index in [0.29, 0.717) is 0 Å². The summed E-state index contributed by atoms with van der Waals surface area (Å²) in [7, 11) is 0. The van der Waals surface area contributed by atoms with E-state index in [2.05, 4.69) is 12.2 Å². The van der Waals surface area contributed by atoms with Crippen LogP contribution in [0, 0.1) is 23.7 Å². The second-order valence-corrected chi connectivity index (χ2v) is 4.91. The van der Waals surface area contributed by atoms with E-state index in [9.17, 15) is 0 Å². The second kappa shape index (κ2) is 2.61. The van der Waals surface area contributed by atoms with Crippen LogP contribution in [-0.2, 0) is 0 Å². The van der Waals surface area contributed by atoms with Crippen molar-refractivity contribution in [2.75, 3.05) is 0 Å². The molecule has 4 atom stereocenters. The van der Waals surface area contributed by atoms with E-state index in [-0.39, 0.29) is 0 Å². The van der Waals surface area contributed by atoms with Gasteiger partial charge in [0, 0.05) is 0 Å². The van der Waals surface area contributed by atoms with Crippen LogP contribution in [0.4, 0.5) is 0 Å². The lowest BCUT2D eigenvalue weighted by Gasteiger charge is -2.25. The molecule has 0 aromatic heterocycles. The fourth-order valence-electron chi connectivity index (χ4n) is 3.82. The van der Waals surface area contributed by atoms with Gasteiger partial charge < -0.3 is 0 Å². The molecule has 0 amide bonds. The van der Waals surface area contributed by atoms with Crippen LogP contribution in [0.5, 0.6) is 0 Å². The molecule has 0 heteroatoms. The highest BCUT2D eigenvalue weighted by molar-refractivity contribution is 5.13. The fourth-order valence-corrected chi connectivity index (χ4v) is 3.82. The van der Waals surface area contributed by atoms with Crippen molar-refractivity contribution in [3.05, 3.63) is 12.2 Å². The summed E-state index contributed by atoms with van der Waals surface area (Å²) in [6.07, 6.45) is 14.1. The molecule has 0 aliphatic heterocycles. The van der Waals surface area contributed by atoms with Crippen LogP contribution in [0.3, 0.4) is 0 Å². The van der Waals surface area contributed by atoms with Gasteiger partial charge in [-0.15, -0.1) is 0 Å². The van der Waals surface area contributed by atoms with Crippen LogP contribution >= 0.6 is 0 Å². The maximum Gasteiger partial charge on any atom is -0.0196 e. The fraction of sp³-hybridized carbons (Fsp3) is 0.833. The molecule has 0 heterocycles. The zero-order valence-corrected chi connectivity index (χ0v) is 7.71. The van der Waals surface area contributed by atoms with Crippen LogP contribution in [0.2, 0.25) is 0 Å². The predicted octanol–water partition coefficient (Wildman–Crippen LogP) is 3.39. The van der Waals surface area contributed by atoms with Gasteiger partial charge in [-0.1, -0.05) is 31.4 Å². The number of hydrogen-bond acceptors (Lipinski definition) is 0. The van der Waals surface area contributed by atoms with E-state index in [0.717, 1.165) is 23.7 Å². The zero-order valence-electron chi connectivity index (χ0n) is 7.71. The summed E-state index contributed by atoms with van der Waals surface area (Å²) in [4.78, 5) is 0. The van der Waals surface area contributed by atoms with Crippen molar-refractivity contribution >= 4 is 0 Å². The van der Waals surface area contributed by atoms with Crippen molar-refractivity contribution in [2.45, 2.75) is 38.5 Å². The molecule has 2 bridgehead atoms. The largest absolute Gasteiger partial charge is 0.0848 e. The molecule has 0 aromatic carbocycles.